The van der Waals surface area contributed by atoms with Crippen LogP contribution in [-0.4, -0.2) is 9.52 Å². The Morgan fingerprint density at radius 3 is 1.44 bits per heavy atom. The van der Waals surface area contributed by atoms with E-state index in [1.807, 2.05) is 6.07 Å². The van der Waals surface area contributed by atoms with E-state index in [2.05, 4.69) is 181 Å². The molecule has 62 heavy (non-hydrogen) atoms. The van der Waals surface area contributed by atoms with Gasteiger partial charge in [-0.1, -0.05) is 172 Å². The number of hydrogen-bond acceptors (Lipinski definition) is 0. The Hall–Kier alpha value is -3.78. The number of fused-ring (bicyclic) bond motifs is 5. The molecular weight excluding hydrogens is 887 g/mol. The summed E-state index contributed by atoms with van der Waals surface area (Å²) in [4.78, 5) is 0. The van der Waals surface area contributed by atoms with Crippen LogP contribution in [0.5, 0.6) is 0 Å². The smallest absolute Gasteiger partial charge is 0.0920 e. The molecule has 9 rings (SSSR count). The molecule has 0 fully saturated rings. The van der Waals surface area contributed by atoms with E-state index in [0.29, 0.717) is 0 Å². The third kappa shape index (κ3) is 11.9. The minimum Gasteiger partial charge on any atom is -0.184 e. The van der Waals surface area contributed by atoms with Crippen molar-refractivity contribution in [2.24, 2.45) is 0 Å². The largest absolute Gasteiger partial charge is 0.184 e. The molecule has 1 heterocycles. The predicted molar refractivity (Wildman–Crippen MR) is 272 cm³/mol. The zero-order chi connectivity index (χ0) is 43.8. The first-order valence-corrected chi connectivity index (χ1v) is 30.1. The number of rotatable bonds is 12. The molecule has 0 amide bonds. The monoisotopic (exact) mass is 945 g/mol. The number of hydrogen-bond donors (Lipinski definition) is 0. The van der Waals surface area contributed by atoms with Crippen LogP contribution in [0.15, 0.2) is 140 Å². The van der Waals surface area contributed by atoms with Gasteiger partial charge in [0.25, 0.3) is 0 Å². The summed E-state index contributed by atoms with van der Waals surface area (Å²) in [5.74, 6) is 0. The van der Waals surface area contributed by atoms with Crippen LogP contribution < -0.4 is 10.4 Å². The second-order valence-corrected chi connectivity index (χ2v) is 21.5. The number of unbranched alkanes of at least 4 members (excludes halogenated alkanes) is 2. The van der Waals surface area contributed by atoms with Gasteiger partial charge in [-0.25, -0.2) is 0 Å². The maximum Gasteiger partial charge on any atom is 0.0920 e. The minimum absolute atomic E-state index is 0.795. The molecule has 0 saturated heterocycles. The zero-order valence-electron chi connectivity index (χ0n) is 37.6. The molecule has 4 heteroatoms. The summed E-state index contributed by atoms with van der Waals surface area (Å²) in [5, 5.41) is 8.50. The van der Waals surface area contributed by atoms with E-state index >= 15 is 0 Å². The Balaban J connectivity index is 0.000000155. The van der Waals surface area contributed by atoms with E-state index in [0.717, 1.165) is 22.4 Å². The van der Waals surface area contributed by atoms with Crippen LogP contribution in [0.25, 0.3) is 54.9 Å². The van der Waals surface area contributed by atoms with Crippen LogP contribution in [-0.2, 0) is 46.5 Å². The van der Waals surface area contributed by atoms with Crippen molar-refractivity contribution in [1.82, 2.24) is 0 Å². The SMILES string of the molecule is CCCCc1cc2c(-c3ccccc3C)c(CCC)ccc2[cH-]1.CCCCc1cc2c(-c3ccccc3C)c(CCC)ccc2[cH-]1.[Cl][Zr][Cl].[c-]1cccc2c1[Si]c1ccccc1-2. The molecule has 0 nitrogen and oxygen atoms in total. The zero-order valence-corrected chi connectivity index (χ0v) is 42.6. The Kier molecular flexibility index (Phi) is 18.7. The first-order valence-electron chi connectivity index (χ1n) is 22.7. The molecule has 8 aromatic carbocycles. The van der Waals surface area contributed by atoms with Gasteiger partial charge in [-0.2, -0.15) is 41.6 Å². The third-order valence-electron chi connectivity index (χ3n) is 11.9. The van der Waals surface area contributed by atoms with Gasteiger partial charge < -0.3 is 0 Å². The van der Waals surface area contributed by atoms with Gasteiger partial charge in [0.2, 0.25) is 0 Å². The van der Waals surface area contributed by atoms with Crippen molar-refractivity contribution >= 4 is 58.5 Å². The second-order valence-electron chi connectivity index (χ2n) is 16.5. The van der Waals surface area contributed by atoms with Gasteiger partial charge in [0.05, 0.1) is 9.52 Å². The van der Waals surface area contributed by atoms with Crippen molar-refractivity contribution in [2.45, 2.75) is 106 Å². The molecule has 1 aliphatic rings. The molecular formula is C58H61Cl2SiZr-3. The maximum atomic E-state index is 4.93. The summed E-state index contributed by atoms with van der Waals surface area (Å²) in [7, 11) is 10.7. The predicted octanol–water partition coefficient (Wildman–Crippen LogP) is 16.2. The fraction of sp³-hybridized carbons (Fsp3) is 0.276. The summed E-state index contributed by atoms with van der Waals surface area (Å²) >= 11 is -0.826. The van der Waals surface area contributed by atoms with Gasteiger partial charge in [-0.05, 0) is 61.8 Å². The fourth-order valence-electron chi connectivity index (χ4n) is 8.85. The molecule has 0 unspecified atom stereocenters. The van der Waals surface area contributed by atoms with Gasteiger partial charge in [-0.3, -0.25) is 0 Å². The Morgan fingerprint density at radius 2 is 0.968 bits per heavy atom. The van der Waals surface area contributed by atoms with Crippen LogP contribution in [0.2, 0.25) is 0 Å². The molecule has 8 aromatic rings. The second kappa shape index (κ2) is 24.3. The molecule has 0 atom stereocenters. The standard InChI is InChI=1S/2C23H27.C12H7Si.2ClH.Zr/c2*1-4-6-11-18-15-20-14-13-19(9-5-2)23(22(20)16-18)21-12-8-7-10-17(21)3;1-3-7-11-9(5-1)10-6-2-4-8-12(10)13-11;;;/h2*7-8,10,12-16H,4-6,9,11H2,1-3H3;1-7H;2*1H;/q3*-1;;;+2/p-2. The molecule has 2 radical (unpaired) electrons. The quantitative estimate of drug-likeness (QED) is 0.0846. The van der Waals surface area contributed by atoms with E-state index < -0.39 is 20.8 Å². The normalized spacial score (nSPS) is 11.2. The number of halogens is 2. The van der Waals surface area contributed by atoms with E-state index in [1.54, 1.807) is 0 Å². The molecule has 318 valence electrons. The molecule has 0 bridgehead atoms. The number of benzene rings is 6. The van der Waals surface area contributed by atoms with Crippen molar-refractivity contribution in [3.63, 3.8) is 0 Å². The van der Waals surface area contributed by atoms with Crippen molar-refractivity contribution in [1.29, 1.82) is 0 Å². The molecule has 0 aromatic heterocycles. The minimum atomic E-state index is -0.826. The Morgan fingerprint density at radius 1 is 0.516 bits per heavy atom. The summed E-state index contributed by atoms with van der Waals surface area (Å²) in [6.45, 7) is 13.5. The molecule has 0 saturated carbocycles. The fourth-order valence-corrected chi connectivity index (χ4v) is 10.2. The average Bonchev–Trinajstić information content (AvgIpc) is 4.02. The van der Waals surface area contributed by atoms with Gasteiger partial charge in [0.1, 0.15) is 0 Å². The van der Waals surface area contributed by atoms with Crippen LogP contribution >= 0.6 is 17.0 Å². The maximum absolute atomic E-state index is 4.93. The van der Waals surface area contributed by atoms with E-state index in [-0.39, 0.29) is 0 Å². The first kappa shape index (κ1) is 47.7. The summed E-state index contributed by atoms with van der Waals surface area (Å²) in [5.41, 5.74) is 17.2. The summed E-state index contributed by atoms with van der Waals surface area (Å²) in [6.07, 6.45) is 12.1. The topological polar surface area (TPSA) is 0 Å². The van der Waals surface area contributed by atoms with Crippen molar-refractivity contribution in [3.05, 3.63) is 179 Å². The first-order chi connectivity index (χ1) is 30.3. The summed E-state index contributed by atoms with van der Waals surface area (Å²) in [6, 6.07) is 54.8. The van der Waals surface area contributed by atoms with E-state index in [9.17, 15) is 0 Å². The van der Waals surface area contributed by atoms with Gasteiger partial charge in [0, 0.05) is 0 Å². The molecule has 0 aliphatic carbocycles. The Labute approximate surface area is 394 Å². The van der Waals surface area contributed by atoms with E-state index in [1.165, 1.54) is 150 Å². The van der Waals surface area contributed by atoms with Crippen molar-refractivity contribution < 1.29 is 20.8 Å². The summed E-state index contributed by atoms with van der Waals surface area (Å²) < 4.78 is 0. The van der Waals surface area contributed by atoms with Crippen LogP contribution in [0, 0.1) is 19.9 Å². The molecule has 0 N–H and O–H groups in total. The van der Waals surface area contributed by atoms with E-state index in [4.69, 9.17) is 17.0 Å². The van der Waals surface area contributed by atoms with Crippen LogP contribution in [0.1, 0.15) is 99.6 Å². The van der Waals surface area contributed by atoms with Crippen LogP contribution in [0.3, 0.4) is 0 Å². The third-order valence-corrected chi connectivity index (χ3v) is 13.3. The Bertz CT molecular complexity index is 2460. The van der Waals surface area contributed by atoms with Gasteiger partial charge in [-0.15, -0.1) is 74.6 Å². The average molecular weight is 948 g/mol. The van der Waals surface area contributed by atoms with Gasteiger partial charge in [0.15, 0.2) is 0 Å². The molecule has 0 spiro atoms. The van der Waals surface area contributed by atoms with Gasteiger partial charge >= 0.3 is 37.9 Å². The van der Waals surface area contributed by atoms with Crippen LogP contribution in [0.4, 0.5) is 0 Å². The number of aryl methyl sites for hydroxylation is 6. The van der Waals surface area contributed by atoms with Crippen molar-refractivity contribution in [3.8, 4) is 33.4 Å². The molecule has 1 aliphatic heterocycles. The van der Waals surface area contributed by atoms with Crippen molar-refractivity contribution in [2.75, 3.05) is 0 Å².